The summed E-state index contributed by atoms with van der Waals surface area (Å²) in [4.78, 5) is 29.2. The van der Waals surface area contributed by atoms with Gasteiger partial charge in [-0.3, -0.25) is 9.59 Å². The second kappa shape index (κ2) is 9.91. The van der Waals surface area contributed by atoms with Crippen LogP contribution < -0.4 is 15.0 Å². The molecule has 0 aliphatic carbocycles. The number of fused-ring (bicyclic) bond motifs is 1. The maximum atomic E-state index is 13.6. The van der Waals surface area contributed by atoms with Crippen LogP contribution in [0.2, 0.25) is 5.02 Å². The van der Waals surface area contributed by atoms with E-state index >= 15 is 0 Å². The molecule has 0 saturated carbocycles. The smallest absolute Gasteiger partial charge is 0.262 e. The van der Waals surface area contributed by atoms with Crippen LogP contribution in [0.4, 0.5) is 11.4 Å². The fraction of sp³-hybridized carbons (Fsp3) is 0.440. The predicted octanol–water partition coefficient (Wildman–Crippen LogP) is 2.73. The summed E-state index contributed by atoms with van der Waals surface area (Å²) < 4.78 is 34.0. The van der Waals surface area contributed by atoms with E-state index in [9.17, 15) is 18.0 Å². The molecule has 2 saturated heterocycles. The molecule has 1 N–H and O–H groups in total. The van der Waals surface area contributed by atoms with Crippen LogP contribution in [0.3, 0.4) is 0 Å². The number of sulfonamides is 1. The molecule has 0 bridgehead atoms. The van der Waals surface area contributed by atoms with Crippen LogP contribution in [0.15, 0.2) is 41.3 Å². The summed E-state index contributed by atoms with van der Waals surface area (Å²) in [5.74, 6) is -0.297. The van der Waals surface area contributed by atoms with Crippen molar-refractivity contribution in [2.45, 2.75) is 24.7 Å². The van der Waals surface area contributed by atoms with E-state index in [1.807, 2.05) is 29.2 Å². The summed E-state index contributed by atoms with van der Waals surface area (Å²) in [7, 11) is -3.83. The third-order valence-electron chi connectivity index (χ3n) is 7.04. The third-order valence-corrected chi connectivity index (χ3v) is 9.30. The van der Waals surface area contributed by atoms with Gasteiger partial charge in [0.15, 0.2) is 6.61 Å². The Balaban J connectivity index is 1.26. The lowest BCUT2D eigenvalue weighted by atomic mass is 9.97. The molecule has 3 aliphatic heterocycles. The van der Waals surface area contributed by atoms with Crippen LogP contribution in [-0.2, 0) is 19.6 Å². The summed E-state index contributed by atoms with van der Waals surface area (Å²) >= 11 is 5.99. The highest BCUT2D eigenvalue weighted by atomic mass is 35.5. The van der Waals surface area contributed by atoms with Crippen LogP contribution in [0.5, 0.6) is 5.75 Å². The number of carbonyl (C=O) groups is 2. The Morgan fingerprint density at radius 1 is 1.08 bits per heavy atom. The SMILES string of the molecule is Cc1cc2c(cc1S(=O)(=O)N1CCCC(C(=O)N3CCN(c4ccc(Cl)cc4)CC3)C1)OCC(=O)N2. The topological polar surface area (TPSA) is 99.3 Å². The summed E-state index contributed by atoms with van der Waals surface area (Å²) in [5.41, 5.74) is 2.06. The summed E-state index contributed by atoms with van der Waals surface area (Å²) in [5, 5.41) is 3.39. The number of halogens is 1. The Kier molecular flexibility index (Phi) is 6.84. The Labute approximate surface area is 216 Å². The number of carbonyl (C=O) groups excluding carboxylic acids is 2. The molecule has 1 atom stereocenters. The van der Waals surface area contributed by atoms with Crippen molar-refractivity contribution < 1.29 is 22.7 Å². The summed E-state index contributed by atoms with van der Waals surface area (Å²) in [6.45, 7) is 4.69. The highest BCUT2D eigenvalue weighted by Crippen LogP contribution is 2.35. The zero-order chi connectivity index (χ0) is 25.4. The van der Waals surface area contributed by atoms with E-state index in [0.717, 1.165) is 5.69 Å². The highest BCUT2D eigenvalue weighted by Gasteiger charge is 2.37. The number of nitrogens with zero attached hydrogens (tertiary/aromatic N) is 3. The van der Waals surface area contributed by atoms with Gasteiger partial charge < -0.3 is 19.9 Å². The Morgan fingerprint density at radius 2 is 1.81 bits per heavy atom. The standard InChI is InChI=1S/C25H29ClN4O5S/c1-17-13-21-22(35-16-24(31)27-21)14-23(17)36(33,34)30-8-2-3-18(15-30)25(32)29-11-9-28(10-12-29)20-6-4-19(26)5-7-20/h4-7,13-14,18H,2-3,8-12,15-16H2,1H3,(H,27,31). The number of amides is 2. The van der Waals surface area contributed by atoms with Gasteiger partial charge in [-0.25, -0.2) is 8.42 Å². The lowest BCUT2D eigenvalue weighted by Crippen LogP contribution is -2.53. The van der Waals surface area contributed by atoms with Crippen molar-refractivity contribution in [2.24, 2.45) is 5.92 Å². The van der Waals surface area contributed by atoms with E-state index in [-0.39, 0.29) is 35.8 Å². The van der Waals surface area contributed by atoms with Crippen molar-refractivity contribution in [3.05, 3.63) is 47.0 Å². The van der Waals surface area contributed by atoms with Crippen molar-refractivity contribution >= 4 is 44.8 Å². The summed E-state index contributed by atoms with van der Waals surface area (Å²) in [6.07, 6.45) is 1.29. The lowest BCUT2D eigenvalue weighted by molar-refractivity contribution is -0.137. The molecule has 5 rings (SSSR count). The van der Waals surface area contributed by atoms with Crippen LogP contribution in [-0.4, -0.2) is 75.3 Å². The average Bonchev–Trinajstić information content (AvgIpc) is 2.88. The molecule has 2 aromatic rings. The fourth-order valence-electron chi connectivity index (χ4n) is 5.09. The van der Waals surface area contributed by atoms with E-state index in [1.54, 1.807) is 13.0 Å². The number of nitrogens with one attached hydrogen (secondary N) is 1. The van der Waals surface area contributed by atoms with Crippen LogP contribution in [0, 0.1) is 12.8 Å². The van der Waals surface area contributed by atoms with Crippen molar-refractivity contribution in [3.63, 3.8) is 0 Å². The molecule has 3 heterocycles. The predicted molar refractivity (Wildman–Crippen MR) is 137 cm³/mol. The third kappa shape index (κ3) is 4.89. The Morgan fingerprint density at radius 3 is 2.53 bits per heavy atom. The van der Waals surface area contributed by atoms with Crippen LogP contribution in [0.1, 0.15) is 18.4 Å². The van der Waals surface area contributed by atoms with Crippen molar-refractivity contribution in [1.82, 2.24) is 9.21 Å². The maximum Gasteiger partial charge on any atom is 0.262 e. The average molecular weight is 533 g/mol. The molecular formula is C25H29ClN4O5S. The molecular weight excluding hydrogens is 504 g/mol. The first-order chi connectivity index (χ1) is 17.2. The highest BCUT2D eigenvalue weighted by molar-refractivity contribution is 7.89. The summed E-state index contributed by atoms with van der Waals surface area (Å²) in [6, 6.07) is 10.8. The molecule has 11 heteroatoms. The Hall–Kier alpha value is -2.82. The minimum absolute atomic E-state index is 0.0128. The van der Waals surface area contributed by atoms with Gasteiger partial charge in [0.05, 0.1) is 16.5 Å². The normalized spacial score (nSPS) is 20.9. The Bertz CT molecular complexity index is 1280. The van der Waals surface area contributed by atoms with Gasteiger partial charge in [0.1, 0.15) is 5.75 Å². The molecule has 0 aromatic heterocycles. The molecule has 3 aliphatic rings. The van der Waals surface area contributed by atoms with Crippen LogP contribution >= 0.6 is 11.6 Å². The van der Waals surface area contributed by atoms with Gasteiger partial charge >= 0.3 is 0 Å². The first-order valence-corrected chi connectivity index (χ1v) is 13.9. The fourth-order valence-corrected chi connectivity index (χ4v) is 6.96. The minimum Gasteiger partial charge on any atom is -0.482 e. The van der Waals surface area contributed by atoms with Crippen LogP contribution in [0.25, 0.3) is 0 Å². The first kappa shape index (κ1) is 24.9. The molecule has 36 heavy (non-hydrogen) atoms. The van der Waals surface area contributed by atoms with Gasteiger partial charge in [0.2, 0.25) is 15.9 Å². The first-order valence-electron chi connectivity index (χ1n) is 12.1. The molecule has 2 fully saturated rings. The van der Waals surface area contributed by atoms with E-state index in [0.29, 0.717) is 67.6 Å². The second-order valence-electron chi connectivity index (χ2n) is 9.44. The lowest BCUT2D eigenvalue weighted by Gasteiger charge is -2.39. The van der Waals surface area contributed by atoms with Gasteiger partial charge in [0.25, 0.3) is 5.91 Å². The van der Waals surface area contributed by atoms with E-state index < -0.39 is 10.0 Å². The molecule has 1 unspecified atom stereocenters. The number of hydrogen-bond acceptors (Lipinski definition) is 6. The van der Waals surface area contributed by atoms with Crippen molar-refractivity contribution in [1.29, 1.82) is 0 Å². The van der Waals surface area contributed by atoms with E-state index in [2.05, 4.69) is 10.2 Å². The minimum atomic E-state index is -3.83. The van der Waals surface area contributed by atoms with E-state index in [4.69, 9.17) is 16.3 Å². The van der Waals surface area contributed by atoms with Gasteiger partial charge in [-0.1, -0.05) is 11.6 Å². The number of rotatable bonds is 4. The molecule has 192 valence electrons. The molecule has 0 radical (unpaired) electrons. The van der Waals surface area contributed by atoms with Crippen molar-refractivity contribution in [3.8, 4) is 5.75 Å². The maximum absolute atomic E-state index is 13.6. The number of ether oxygens (including phenoxy) is 1. The number of benzene rings is 2. The zero-order valence-electron chi connectivity index (χ0n) is 20.1. The zero-order valence-corrected chi connectivity index (χ0v) is 21.6. The van der Waals surface area contributed by atoms with Crippen molar-refractivity contribution in [2.75, 3.05) is 56.1 Å². The van der Waals surface area contributed by atoms with E-state index in [1.165, 1.54) is 10.4 Å². The number of piperazine rings is 1. The number of anilines is 2. The monoisotopic (exact) mass is 532 g/mol. The van der Waals surface area contributed by atoms with Gasteiger partial charge in [-0.05, 0) is 55.7 Å². The molecule has 2 amide bonds. The molecule has 9 nitrogen and oxygen atoms in total. The van der Waals surface area contributed by atoms with Gasteiger partial charge in [-0.15, -0.1) is 0 Å². The van der Waals surface area contributed by atoms with Gasteiger partial charge in [0, 0.05) is 56.0 Å². The largest absolute Gasteiger partial charge is 0.482 e. The number of aryl methyl sites for hydroxylation is 1. The quantitative estimate of drug-likeness (QED) is 0.650. The number of piperidine rings is 1. The second-order valence-corrected chi connectivity index (χ2v) is 11.8. The molecule has 0 spiro atoms. The number of hydrogen-bond donors (Lipinski definition) is 1. The molecule has 2 aromatic carbocycles. The van der Waals surface area contributed by atoms with Gasteiger partial charge in [-0.2, -0.15) is 4.31 Å².